The summed E-state index contributed by atoms with van der Waals surface area (Å²) in [6, 6.07) is 3.80. The zero-order valence-electron chi connectivity index (χ0n) is 12.3. The Labute approximate surface area is 115 Å². The van der Waals surface area contributed by atoms with Gasteiger partial charge in [0.25, 0.3) is 5.91 Å². The maximum absolute atomic E-state index is 12.2. The Hall–Kier alpha value is -1.62. The highest BCUT2D eigenvalue weighted by molar-refractivity contribution is 5.93. The van der Waals surface area contributed by atoms with Crippen LogP contribution in [0.25, 0.3) is 0 Å². The van der Waals surface area contributed by atoms with Crippen LogP contribution in [0.2, 0.25) is 0 Å². The minimum Gasteiger partial charge on any atom is -0.373 e. The zero-order chi connectivity index (χ0) is 14.4. The summed E-state index contributed by atoms with van der Waals surface area (Å²) >= 11 is 0. The Morgan fingerprint density at radius 3 is 2.58 bits per heavy atom. The van der Waals surface area contributed by atoms with Gasteiger partial charge in [0.2, 0.25) is 0 Å². The Bertz CT molecular complexity index is 416. The van der Waals surface area contributed by atoms with Crippen molar-refractivity contribution in [1.29, 1.82) is 0 Å². The summed E-state index contributed by atoms with van der Waals surface area (Å²) in [6.45, 7) is 8.01. The summed E-state index contributed by atoms with van der Waals surface area (Å²) < 4.78 is 0. The Morgan fingerprint density at radius 2 is 2.05 bits per heavy atom. The molecule has 0 spiro atoms. The van der Waals surface area contributed by atoms with E-state index in [0.717, 1.165) is 12.2 Å². The number of aromatic nitrogens is 1. The average molecular weight is 264 g/mol. The third-order valence-corrected chi connectivity index (χ3v) is 3.02. The fraction of sp³-hybridized carbons (Fsp3) is 0.571. The van der Waals surface area contributed by atoms with Crippen molar-refractivity contribution in [3.8, 4) is 0 Å². The molecule has 5 nitrogen and oxygen atoms in total. The summed E-state index contributed by atoms with van der Waals surface area (Å²) in [7, 11) is 1.96. The smallest absolute Gasteiger partial charge is 0.272 e. The molecule has 0 aromatic carbocycles. The number of pyridine rings is 1. The van der Waals surface area contributed by atoms with Crippen molar-refractivity contribution in [1.82, 2.24) is 9.88 Å². The molecule has 1 amide bonds. The molecular weight excluding hydrogens is 240 g/mol. The van der Waals surface area contributed by atoms with E-state index >= 15 is 0 Å². The second-order valence-electron chi connectivity index (χ2n) is 4.73. The van der Waals surface area contributed by atoms with Gasteiger partial charge < -0.3 is 15.5 Å². The lowest BCUT2D eigenvalue weighted by Gasteiger charge is -2.23. The van der Waals surface area contributed by atoms with Crippen molar-refractivity contribution < 1.29 is 4.79 Å². The topological polar surface area (TPSA) is 62.5 Å². The van der Waals surface area contributed by atoms with Crippen molar-refractivity contribution in [3.63, 3.8) is 0 Å². The van der Waals surface area contributed by atoms with Crippen LogP contribution in [0.5, 0.6) is 0 Å². The van der Waals surface area contributed by atoms with Crippen LogP contribution in [-0.4, -0.2) is 48.5 Å². The van der Waals surface area contributed by atoms with E-state index in [2.05, 4.69) is 4.98 Å². The highest BCUT2D eigenvalue weighted by Gasteiger charge is 2.15. The van der Waals surface area contributed by atoms with Gasteiger partial charge in [-0.15, -0.1) is 0 Å². The fourth-order valence-corrected chi connectivity index (χ4v) is 1.98. The molecule has 0 saturated carbocycles. The molecule has 0 aliphatic heterocycles. The lowest BCUT2D eigenvalue weighted by molar-refractivity contribution is 0.0767. The van der Waals surface area contributed by atoms with Crippen LogP contribution in [0.15, 0.2) is 18.3 Å². The molecule has 0 radical (unpaired) electrons. The molecule has 2 N–H and O–H groups in total. The minimum absolute atomic E-state index is 0.0268. The number of nitrogens with zero attached hydrogens (tertiary/aromatic N) is 3. The molecule has 0 aliphatic rings. The van der Waals surface area contributed by atoms with E-state index in [0.29, 0.717) is 18.8 Å². The van der Waals surface area contributed by atoms with E-state index in [9.17, 15) is 4.79 Å². The maximum Gasteiger partial charge on any atom is 0.272 e. The Kier molecular flexibility index (Phi) is 5.76. The van der Waals surface area contributed by atoms with Crippen LogP contribution >= 0.6 is 0 Å². The van der Waals surface area contributed by atoms with Gasteiger partial charge in [-0.3, -0.25) is 9.78 Å². The summed E-state index contributed by atoms with van der Waals surface area (Å²) in [5.41, 5.74) is 7.23. The van der Waals surface area contributed by atoms with E-state index in [1.807, 2.05) is 44.9 Å². The predicted octanol–water partition coefficient (Wildman–Crippen LogP) is 1.35. The molecule has 1 rings (SSSR count). The lowest BCUT2D eigenvalue weighted by Crippen LogP contribution is -2.33. The van der Waals surface area contributed by atoms with Gasteiger partial charge in [-0.2, -0.15) is 0 Å². The monoisotopic (exact) mass is 264 g/mol. The van der Waals surface area contributed by atoms with Crippen LogP contribution in [-0.2, 0) is 0 Å². The predicted molar refractivity (Wildman–Crippen MR) is 78.4 cm³/mol. The third kappa shape index (κ3) is 4.21. The van der Waals surface area contributed by atoms with Gasteiger partial charge >= 0.3 is 0 Å². The summed E-state index contributed by atoms with van der Waals surface area (Å²) in [5, 5.41) is 0. The largest absolute Gasteiger partial charge is 0.373 e. The second-order valence-corrected chi connectivity index (χ2v) is 4.73. The van der Waals surface area contributed by atoms with Crippen molar-refractivity contribution in [2.45, 2.75) is 26.8 Å². The maximum atomic E-state index is 12.2. The van der Waals surface area contributed by atoms with E-state index in [-0.39, 0.29) is 11.9 Å². The van der Waals surface area contributed by atoms with E-state index in [1.54, 1.807) is 11.1 Å². The third-order valence-electron chi connectivity index (χ3n) is 3.02. The van der Waals surface area contributed by atoms with Crippen LogP contribution in [0.3, 0.4) is 0 Å². The normalized spacial score (nSPS) is 12.1. The first-order valence-electron chi connectivity index (χ1n) is 6.71. The standard InChI is InChI=1S/C14H24N4O/c1-5-18(6-2)14(19)13-9-12(7-8-16-13)17(4)10-11(3)15/h7-9,11H,5-6,10,15H2,1-4H3. The number of likely N-dealkylation sites (N-methyl/N-ethyl adjacent to an activating group) is 1. The summed E-state index contributed by atoms with van der Waals surface area (Å²) in [4.78, 5) is 20.2. The second kappa shape index (κ2) is 7.09. The zero-order valence-corrected chi connectivity index (χ0v) is 12.3. The molecule has 1 unspecified atom stereocenters. The fourth-order valence-electron chi connectivity index (χ4n) is 1.98. The Morgan fingerprint density at radius 1 is 1.42 bits per heavy atom. The van der Waals surface area contributed by atoms with E-state index in [1.165, 1.54) is 0 Å². The van der Waals surface area contributed by atoms with Crippen molar-refractivity contribution in [2.75, 3.05) is 31.6 Å². The van der Waals surface area contributed by atoms with Crippen LogP contribution in [0, 0.1) is 0 Å². The van der Waals surface area contributed by atoms with Gasteiger partial charge in [0.15, 0.2) is 0 Å². The molecule has 0 saturated heterocycles. The number of carbonyl (C=O) groups is 1. The van der Waals surface area contributed by atoms with Gasteiger partial charge in [-0.25, -0.2) is 0 Å². The van der Waals surface area contributed by atoms with E-state index < -0.39 is 0 Å². The molecule has 1 heterocycles. The number of hydrogen-bond acceptors (Lipinski definition) is 4. The molecule has 1 atom stereocenters. The highest BCUT2D eigenvalue weighted by atomic mass is 16.2. The number of nitrogens with two attached hydrogens (primary N) is 1. The molecule has 0 bridgehead atoms. The number of rotatable bonds is 6. The highest BCUT2D eigenvalue weighted by Crippen LogP contribution is 2.14. The molecule has 19 heavy (non-hydrogen) atoms. The van der Waals surface area contributed by atoms with Gasteiger partial charge in [-0.1, -0.05) is 0 Å². The molecule has 106 valence electrons. The van der Waals surface area contributed by atoms with E-state index in [4.69, 9.17) is 5.73 Å². The van der Waals surface area contributed by atoms with Crippen molar-refractivity contribution >= 4 is 11.6 Å². The number of carbonyl (C=O) groups excluding carboxylic acids is 1. The van der Waals surface area contributed by atoms with Gasteiger partial charge in [0.05, 0.1) is 0 Å². The first kappa shape index (κ1) is 15.4. The molecule has 1 aromatic heterocycles. The van der Waals surface area contributed by atoms with Crippen LogP contribution in [0.4, 0.5) is 5.69 Å². The minimum atomic E-state index is -0.0268. The molecular formula is C14H24N4O. The first-order chi connectivity index (χ1) is 8.99. The lowest BCUT2D eigenvalue weighted by atomic mass is 10.2. The molecule has 0 aliphatic carbocycles. The summed E-state index contributed by atoms with van der Waals surface area (Å²) in [6.07, 6.45) is 1.67. The first-order valence-corrected chi connectivity index (χ1v) is 6.71. The van der Waals surface area contributed by atoms with Crippen molar-refractivity contribution in [2.24, 2.45) is 5.73 Å². The average Bonchev–Trinajstić information content (AvgIpc) is 2.39. The van der Waals surface area contributed by atoms with Gasteiger partial charge in [0, 0.05) is 44.6 Å². The molecule has 5 heteroatoms. The molecule has 0 fully saturated rings. The number of amides is 1. The van der Waals surface area contributed by atoms with Crippen molar-refractivity contribution in [3.05, 3.63) is 24.0 Å². The Balaban J connectivity index is 2.90. The number of hydrogen-bond donors (Lipinski definition) is 1. The van der Waals surface area contributed by atoms with Gasteiger partial charge in [0.1, 0.15) is 5.69 Å². The SMILES string of the molecule is CCN(CC)C(=O)c1cc(N(C)CC(C)N)ccn1. The number of anilines is 1. The molecule has 1 aromatic rings. The summed E-state index contributed by atoms with van der Waals surface area (Å²) in [5.74, 6) is -0.0268. The van der Waals surface area contributed by atoms with Crippen LogP contribution in [0.1, 0.15) is 31.3 Å². The van der Waals surface area contributed by atoms with Crippen LogP contribution < -0.4 is 10.6 Å². The quantitative estimate of drug-likeness (QED) is 0.842. The van der Waals surface area contributed by atoms with Gasteiger partial charge in [-0.05, 0) is 32.9 Å².